The first kappa shape index (κ1) is 14.0. The number of aldehydes is 1. The molecule has 0 bridgehead atoms. The van der Waals surface area contributed by atoms with Crippen molar-refractivity contribution in [2.45, 2.75) is 19.1 Å². The molecule has 20 heavy (non-hydrogen) atoms. The summed E-state index contributed by atoms with van der Waals surface area (Å²) in [5.74, 6) is 0. The van der Waals surface area contributed by atoms with Gasteiger partial charge < -0.3 is 9.53 Å². The topological polar surface area (TPSA) is 85.0 Å². The Labute approximate surface area is 116 Å². The summed E-state index contributed by atoms with van der Waals surface area (Å²) in [5, 5.41) is 0. The second-order valence-electron chi connectivity index (χ2n) is 4.26. The van der Waals surface area contributed by atoms with E-state index in [0.717, 1.165) is 5.56 Å². The monoisotopic (exact) mass is 272 g/mol. The van der Waals surface area contributed by atoms with Crippen LogP contribution in [0.25, 0.3) is 0 Å². The summed E-state index contributed by atoms with van der Waals surface area (Å²) in [7, 11) is 0. The molecular weight excluding hydrogens is 258 g/mol. The van der Waals surface area contributed by atoms with E-state index < -0.39 is 12.1 Å². The first-order chi connectivity index (χ1) is 9.69. The van der Waals surface area contributed by atoms with Crippen LogP contribution in [0.5, 0.6) is 0 Å². The molecule has 0 spiro atoms. The lowest BCUT2D eigenvalue weighted by atomic mass is 10.2. The van der Waals surface area contributed by atoms with E-state index in [-0.39, 0.29) is 13.0 Å². The number of carbonyl (C=O) groups is 2. The highest BCUT2D eigenvalue weighted by atomic mass is 16.5. The lowest BCUT2D eigenvalue weighted by Gasteiger charge is -2.04. The third-order valence-electron chi connectivity index (χ3n) is 2.65. The summed E-state index contributed by atoms with van der Waals surface area (Å²) in [6, 6.07) is 8.48. The molecule has 1 N–H and O–H groups in total. The number of nitrogens with one attached hydrogen (secondary N) is 1. The maximum absolute atomic E-state index is 11.8. The highest BCUT2D eigenvalue weighted by Crippen LogP contribution is 2.04. The van der Waals surface area contributed by atoms with Crippen LogP contribution in [0.1, 0.15) is 11.3 Å². The third kappa shape index (κ3) is 3.76. The first-order valence-electron chi connectivity index (χ1n) is 6.09. The molecule has 0 saturated heterocycles. The van der Waals surface area contributed by atoms with Crippen LogP contribution < -0.4 is 5.73 Å². The second-order valence-corrected chi connectivity index (χ2v) is 4.26. The predicted molar refractivity (Wildman–Crippen MR) is 70.9 cm³/mol. The summed E-state index contributed by atoms with van der Waals surface area (Å²) in [5.41, 5.74) is 8.74. The van der Waals surface area contributed by atoms with Gasteiger partial charge in [0.1, 0.15) is 19.2 Å². The van der Waals surface area contributed by atoms with Gasteiger partial charge in [-0.25, -0.2) is 20.1 Å². The molecule has 1 atom stereocenters. The molecule has 1 aromatic heterocycles. The average molecular weight is 272 g/mol. The van der Waals surface area contributed by atoms with Crippen LogP contribution in [0.2, 0.25) is 0 Å². The van der Waals surface area contributed by atoms with Crippen LogP contribution in [0.4, 0.5) is 4.79 Å². The highest BCUT2D eigenvalue weighted by Gasteiger charge is 2.10. The van der Waals surface area contributed by atoms with Gasteiger partial charge in [0.05, 0.1) is 11.7 Å². The van der Waals surface area contributed by atoms with Gasteiger partial charge in [0, 0.05) is 12.6 Å². The number of carbonyl (C=O) groups excluding carboxylic acids is 2. The van der Waals surface area contributed by atoms with Crippen molar-refractivity contribution in [3.8, 4) is 0 Å². The Morgan fingerprint density at radius 3 is 2.85 bits per heavy atom. The molecule has 0 aliphatic rings. The smallest absolute Gasteiger partial charge is 0.419 e. The van der Waals surface area contributed by atoms with Crippen molar-refractivity contribution in [2.75, 3.05) is 0 Å². The Bertz CT molecular complexity index is 580. The first-order valence-corrected chi connectivity index (χ1v) is 6.09. The minimum absolute atomic E-state index is 0.183. The van der Waals surface area contributed by atoms with E-state index in [1.54, 1.807) is 0 Å². The van der Waals surface area contributed by atoms with Gasteiger partial charge in [0.15, 0.2) is 0 Å². The highest BCUT2D eigenvalue weighted by molar-refractivity contribution is 5.70. The predicted octanol–water partition coefficient (Wildman–Crippen LogP) is 1.46. The largest absolute Gasteiger partial charge is 0.444 e. The molecular formula is C14H14N3O3. The summed E-state index contributed by atoms with van der Waals surface area (Å²) in [6.45, 7) is 0.183. The van der Waals surface area contributed by atoms with Crippen LogP contribution in [-0.4, -0.2) is 28.0 Å². The molecule has 0 unspecified atom stereocenters. The Hall–Kier alpha value is -2.47. The Morgan fingerprint density at radius 1 is 1.40 bits per heavy atom. The van der Waals surface area contributed by atoms with Crippen molar-refractivity contribution in [2.24, 2.45) is 0 Å². The summed E-state index contributed by atoms with van der Waals surface area (Å²) >= 11 is 0. The average Bonchev–Trinajstić information content (AvgIpc) is 2.94. The lowest BCUT2D eigenvalue weighted by Crippen LogP contribution is -2.14. The van der Waals surface area contributed by atoms with Crippen molar-refractivity contribution >= 4 is 12.4 Å². The molecule has 0 amide bonds. The molecule has 1 heterocycles. The second kappa shape index (κ2) is 6.63. The molecule has 0 fully saturated rings. The quantitative estimate of drug-likeness (QED) is 0.771. The molecule has 103 valence electrons. The van der Waals surface area contributed by atoms with Gasteiger partial charge in [0.2, 0.25) is 0 Å². The Balaban J connectivity index is 1.91. The standard InChI is InChI=1S/C14H14N3O3/c15-12(8-18)6-13-7-17(10-16-13)14(19)20-9-11-4-2-1-3-5-11/h1-5,7-8,10,12,15H,6,9H2/t12-/m0/s1. The molecule has 6 nitrogen and oxygen atoms in total. The normalized spacial score (nSPS) is 11.8. The van der Waals surface area contributed by atoms with Gasteiger partial charge in [0.25, 0.3) is 0 Å². The fourth-order valence-electron chi connectivity index (χ4n) is 1.64. The van der Waals surface area contributed by atoms with Gasteiger partial charge in [-0.1, -0.05) is 30.3 Å². The Kier molecular flexibility index (Phi) is 4.62. The van der Waals surface area contributed by atoms with Gasteiger partial charge in [-0.3, -0.25) is 0 Å². The number of rotatable bonds is 5. The van der Waals surface area contributed by atoms with E-state index >= 15 is 0 Å². The molecule has 6 heteroatoms. The zero-order chi connectivity index (χ0) is 14.4. The van der Waals surface area contributed by atoms with Crippen molar-refractivity contribution in [1.29, 1.82) is 0 Å². The number of imidazole rings is 1. The van der Waals surface area contributed by atoms with E-state index in [0.29, 0.717) is 12.0 Å². The molecule has 2 aromatic rings. The number of nitrogens with zero attached hydrogens (tertiary/aromatic N) is 2. The van der Waals surface area contributed by atoms with Crippen LogP contribution in [0.15, 0.2) is 42.9 Å². The van der Waals surface area contributed by atoms with Crippen LogP contribution in [0.3, 0.4) is 0 Å². The number of aromatic nitrogens is 2. The summed E-state index contributed by atoms with van der Waals surface area (Å²) < 4.78 is 6.33. The minimum Gasteiger partial charge on any atom is -0.444 e. The fourth-order valence-corrected chi connectivity index (χ4v) is 1.64. The third-order valence-corrected chi connectivity index (χ3v) is 2.65. The van der Waals surface area contributed by atoms with E-state index in [1.165, 1.54) is 17.1 Å². The SMILES string of the molecule is [NH][C@H](C=O)Cc1cn(C(=O)OCc2ccccc2)cn1. The van der Waals surface area contributed by atoms with E-state index in [2.05, 4.69) is 4.98 Å². The zero-order valence-electron chi connectivity index (χ0n) is 10.7. The molecule has 2 rings (SSSR count). The number of ether oxygens (including phenoxy) is 1. The number of benzene rings is 1. The van der Waals surface area contributed by atoms with E-state index in [4.69, 9.17) is 10.5 Å². The minimum atomic E-state index is -0.862. The maximum Gasteiger partial charge on any atom is 0.419 e. The van der Waals surface area contributed by atoms with Crippen molar-refractivity contribution < 1.29 is 14.3 Å². The molecule has 1 aromatic carbocycles. The van der Waals surface area contributed by atoms with E-state index in [1.807, 2.05) is 30.3 Å². The summed E-state index contributed by atoms with van der Waals surface area (Å²) in [6.07, 6.45) is 2.97. The van der Waals surface area contributed by atoms with E-state index in [9.17, 15) is 9.59 Å². The van der Waals surface area contributed by atoms with Gasteiger partial charge in [-0.05, 0) is 5.56 Å². The van der Waals surface area contributed by atoms with Crippen molar-refractivity contribution in [1.82, 2.24) is 15.3 Å². The fraction of sp³-hybridized carbons (Fsp3) is 0.214. The number of hydrogen-bond donors (Lipinski definition) is 0. The maximum atomic E-state index is 11.8. The molecule has 0 aliphatic heterocycles. The molecule has 1 radical (unpaired) electrons. The van der Waals surface area contributed by atoms with Gasteiger partial charge in [-0.2, -0.15) is 0 Å². The van der Waals surface area contributed by atoms with Crippen molar-refractivity contribution in [3.63, 3.8) is 0 Å². The lowest BCUT2D eigenvalue weighted by molar-refractivity contribution is -0.109. The van der Waals surface area contributed by atoms with Gasteiger partial charge >= 0.3 is 6.09 Å². The molecule has 0 saturated carbocycles. The summed E-state index contributed by atoms with van der Waals surface area (Å²) in [4.78, 5) is 26.1. The van der Waals surface area contributed by atoms with Crippen LogP contribution in [0, 0.1) is 0 Å². The van der Waals surface area contributed by atoms with Crippen LogP contribution >= 0.6 is 0 Å². The number of hydrogen-bond acceptors (Lipinski definition) is 4. The zero-order valence-corrected chi connectivity index (χ0v) is 10.7. The molecule has 0 aliphatic carbocycles. The van der Waals surface area contributed by atoms with Gasteiger partial charge in [-0.15, -0.1) is 0 Å². The van der Waals surface area contributed by atoms with Crippen LogP contribution in [-0.2, 0) is 22.6 Å². The Morgan fingerprint density at radius 2 is 2.15 bits per heavy atom. The van der Waals surface area contributed by atoms with Crippen molar-refractivity contribution in [3.05, 3.63) is 54.1 Å².